The summed E-state index contributed by atoms with van der Waals surface area (Å²) in [7, 11) is -2.44. The second-order valence-corrected chi connectivity index (χ2v) is 11.3. The molecule has 154 valence electrons. The van der Waals surface area contributed by atoms with E-state index in [1.807, 2.05) is 24.3 Å². The van der Waals surface area contributed by atoms with E-state index < -0.39 is 8.87 Å². The van der Waals surface area contributed by atoms with Gasteiger partial charge in [-0.25, -0.2) is 8.42 Å². The zero-order chi connectivity index (χ0) is 20.2. The minimum Gasteiger partial charge on any atom is -0.212 e. The second-order valence-electron chi connectivity index (χ2n) is 7.45. The van der Waals surface area contributed by atoms with E-state index in [4.69, 9.17) is 0 Å². The van der Waals surface area contributed by atoms with Crippen molar-refractivity contribution >= 4 is 19.7 Å². The zero-order valence-corrected chi connectivity index (χ0v) is 19.0. The molecule has 2 nitrogen and oxygen atoms in total. The summed E-state index contributed by atoms with van der Waals surface area (Å²) in [5.74, 6) is 0. The second kappa shape index (κ2) is 12.3. The molecule has 0 aromatic heterocycles. The molecule has 0 saturated heterocycles. The van der Waals surface area contributed by atoms with Crippen LogP contribution in [0.25, 0.3) is 0 Å². The third-order valence-electron chi connectivity index (χ3n) is 4.98. The first-order valence-corrected chi connectivity index (χ1v) is 13.5. The topological polar surface area (TPSA) is 34.1 Å². The molecular weight excluding hydrogens is 384 g/mol. The smallest absolute Gasteiger partial charge is 0.212 e. The number of hydrogen-bond acceptors (Lipinski definition) is 3. The largest absolute Gasteiger partial charge is 0.234 e. The Kier molecular flexibility index (Phi) is 10.1. The van der Waals surface area contributed by atoms with Crippen molar-refractivity contribution < 1.29 is 8.42 Å². The van der Waals surface area contributed by atoms with Gasteiger partial charge in [-0.3, -0.25) is 0 Å². The molecule has 0 aliphatic rings. The molecule has 0 radical (unpaired) electrons. The summed E-state index contributed by atoms with van der Waals surface area (Å²) < 4.78 is 25.4. The Morgan fingerprint density at radius 3 is 1.57 bits per heavy atom. The fourth-order valence-corrected chi connectivity index (χ4v) is 6.00. The van der Waals surface area contributed by atoms with Crippen LogP contribution in [0, 0.1) is 0 Å². The molecular formula is C24H34O2S2. The molecule has 0 saturated carbocycles. The van der Waals surface area contributed by atoms with E-state index >= 15 is 0 Å². The predicted molar refractivity (Wildman–Crippen MR) is 122 cm³/mol. The van der Waals surface area contributed by atoms with Gasteiger partial charge in [0.15, 0.2) is 0 Å². The minimum absolute atomic E-state index is 0.387. The molecule has 0 bridgehead atoms. The van der Waals surface area contributed by atoms with E-state index in [1.54, 1.807) is 12.1 Å². The Hall–Kier alpha value is -1.26. The lowest BCUT2D eigenvalue weighted by atomic mass is 10.1. The number of hydrogen-bond donors (Lipinski definition) is 0. The van der Waals surface area contributed by atoms with E-state index in [9.17, 15) is 8.42 Å². The Labute approximate surface area is 175 Å². The van der Waals surface area contributed by atoms with Gasteiger partial charge in [0.1, 0.15) is 0 Å². The zero-order valence-electron chi connectivity index (χ0n) is 17.3. The lowest BCUT2D eigenvalue weighted by Gasteiger charge is -2.07. The Balaban J connectivity index is 1.90. The van der Waals surface area contributed by atoms with Crippen LogP contribution in [0.1, 0.15) is 76.3 Å². The van der Waals surface area contributed by atoms with Gasteiger partial charge in [0.25, 0.3) is 0 Å². The summed E-state index contributed by atoms with van der Waals surface area (Å²) in [6.45, 7) is 4.42. The van der Waals surface area contributed by atoms with Crippen LogP contribution in [-0.4, -0.2) is 8.42 Å². The van der Waals surface area contributed by atoms with Gasteiger partial charge in [0.2, 0.25) is 8.87 Å². The molecule has 0 amide bonds. The Morgan fingerprint density at radius 1 is 0.643 bits per heavy atom. The van der Waals surface area contributed by atoms with Gasteiger partial charge < -0.3 is 0 Å². The minimum atomic E-state index is -3.38. The van der Waals surface area contributed by atoms with Crippen LogP contribution < -0.4 is 0 Å². The lowest BCUT2D eigenvalue weighted by molar-refractivity contribution is 0.610. The normalized spacial score (nSPS) is 11.6. The number of benzene rings is 2. The molecule has 0 heterocycles. The third-order valence-corrected chi connectivity index (χ3v) is 8.33. The van der Waals surface area contributed by atoms with E-state index in [0.29, 0.717) is 4.90 Å². The van der Waals surface area contributed by atoms with E-state index in [2.05, 4.69) is 26.0 Å². The van der Waals surface area contributed by atoms with Gasteiger partial charge >= 0.3 is 0 Å². The highest BCUT2D eigenvalue weighted by atomic mass is 33.1. The lowest BCUT2D eigenvalue weighted by Crippen LogP contribution is -1.96. The summed E-state index contributed by atoms with van der Waals surface area (Å²) in [6, 6.07) is 15.4. The third kappa shape index (κ3) is 8.00. The molecule has 2 aromatic rings. The van der Waals surface area contributed by atoms with Crippen LogP contribution in [0.2, 0.25) is 0 Å². The Bertz CT molecular complexity index is 778. The summed E-state index contributed by atoms with van der Waals surface area (Å²) >= 11 is 0. The van der Waals surface area contributed by atoms with Crippen molar-refractivity contribution in [3.8, 4) is 0 Å². The van der Waals surface area contributed by atoms with Crippen molar-refractivity contribution in [1.82, 2.24) is 0 Å². The average molecular weight is 419 g/mol. The predicted octanol–water partition coefficient (Wildman–Crippen LogP) is 7.41. The highest BCUT2D eigenvalue weighted by Crippen LogP contribution is 2.31. The molecule has 4 heteroatoms. The quantitative estimate of drug-likeness (QED) is 0.251. The van der Waals surface area contributed by atoms with E-state index in [-0.39, 0.29) is 0 Å². The summed E-state index contributed by atoms with van der Waals surface area (Å²) in [5.41, 5.74) is 2.50. The first-order chi connectivity index (χ1) is 13.5. The SMILES string of the molecule is CCCCCCc1ccc(SS(=O)(=O)c2ccc(CCCCCC)cc2)cc1. The van der Waals surface area contributed by atoms with Crippen LogP contribution in [0.5, 0.6) is 0 Å². The standard InChI is InChI=1S/C24H34O2S2/c1-3-5-7-9-11-21-13-17-23(18-14-21)27-28(25,26)24-19-15-22(16-20-24)12-10-8-6-4-2/h13-20H,3-12H2,1-2H3. The van der Waals surface area contributed by atoms with Crippen molar-refractivity contribution in [3.05, 3.63) is 59.7 Å². The van der Waals surface area contributed by atoms with Crippen LogP contribution >= 0.6 is 10.8 Å². The van der Waals surface area contributed by atoms with Crippen LogP contribution in [0.15, 0.2) is 58.3 Å². The number of aryl methyl sites for hydroxylation is 2. The van der Waals surface area contributed by atoms with E-state index in [1.165, 1.54) is 62.5 Å². The summed E-state index contributed by atoms with van der Waals surface area (Å²) in [6.07, 6.45) is 12.0. The van der Waals surface area contributed by atoms with Gasteiger partial charge in [-0.05, 0) is 61.1 Å². The monoisotopic (exact) mass is 418 g/mol. The summed E-state index contributed by atoms with van der Waals surface area (Å²) in [4.78, 5) is 1.17. The molecule has 0 aliphatic heterocycles. The van der Waals surface area contributed by atoms with Crippen molar-refractivity contribution in [3.63, 3.8) is 0 Å². The van der Waals surface area contributed by atoms with Crippen molar-refractivity contribution in [1.29, 1.82) is 0 Å². The maximum absolute atomic E-state index is 12.7. The van der Waals surface area contributed by atoms with Crippen LogP contribution in [0.4, 0.5) is 0 Å². The molecule has 0 fully saturated rings. The van der Waals surface area contributed by atoms with Gasteiger partial charge in [-0.1, -0.05) is 76.6 Å². The molecule has 0 unspecified atom stereocenters. The van der Waals surface area contributed by atoms with Crippen molar-refractivity contribution in [2.75, 3.05) is 0 Å². The maximum atomic E-state index is 12.7. The highest BCUT2D eigenvalue weighted by Gasteiger charge is 2.16. The van der Waals surface area contributed by atoms with Gasteiger partial charge in [0.05, 0.1) is 4.90 Å². The van der Waals surface area contributed by atoms with Crippen LogP contribution in [0.3, 0.4) is 0 Å². The Morgan fingerprint density at radius 2 is 1.11 bits per heavy atom. The van der Waals surface area contributed by atoms with E-state index in [0.717, 1.165) is 28.5 Å². The first-order valence-electron chi connectivity index (χ1n) is 10.7. The van der Waals surface area contributed by atoms with Gasteiger partial charge in [-0.15, -0.1) is 0 Å². The molecule has 2 rings (SSSR count). The fraction of sp³-hybridized carbons (Fsp3) is 0.500. The van der Waals surface area contributed by atoms with Gasteiger partial charge in [-0.2, -0.15) is 0 Å². The average Bonchev–Trinajstić information content (AvgIpc) is 2.70. The number of rotatable bonds is 13. The highest BCUT2D eigenvalue weighted by molar-refractivity contribution is 8.72. The van der Waals surface area contributed by atoms with Crippen molar-refractivity contribution in [2.45, 2.75) is 87.8 Å². The molecule has 0 atom stereocenters. The first kappa shape index (κ1) is 23.0. The molecule has 2 aromatic carbocycles. The fourth-order valence-electron chi connectivity index (χ4n) is 3.22. The number of unbranched alkanes of at least 4 members (excludes halogenated alkanes) is 6. The van der Waals surface area contributed by atoms with Gasteiger partial charge in [0, 0.05) is 15.7 Å². The maximum Gasteiger partial charge on any atom is 0.234 e. The van der Waals surface area contributed by atoms with Crippen LogP contribution in [-0.2, 0) is 21.7 Å². The molecule has 0 N–H and O–H groups in total. The molecule has 0 aliphatic carbocycles. The molecule has 0 spiro atoms. The molecule has 28 heavy (non-hydrogen) atoms. The summed E-state index contributed by atoms with van der Waals surface area (Å²) in [5, 5.41) is 0. The van der Waals surface area contributed by atoms with Crippen molar-refractivity contribution in [2.24, 2.45) is 0 Å².